The molecular formula is C12H12F2N4O2. The van der Waals surface area contributed by atoms with Crippen molar-refractivity contribution < 1.29 is 18.3 Å². The van der Waals surface area contributed by atoms with Crippen LogP contribution in [-0.4, -0.2) is 27.8 Å². The fourth-order valence-electron chi connectivity index (χ4n) is 1.59. The third-order valence-corrected chi connectivity index (χ3v) is 2.57. The molecule has 8 heteroatoms. The molecule has 0 saturated carbocycles. The summed E-state index contributed by atoms with van der Waals surface area (Å²) in [5, 5.41) is 6.65. The zero-order valence-electron chi connectivity index (χ0n) is 10.9. The maximum absolute atomic E-state index is 13.8. The lowest BCUT2D eigenvalue weighted by Gasteiger charge is -2.08. The molecule has 0 atom stereocenters. The Hall–Kier alpha value is -2.51. The van der Waals surface area contributed by atoms with Crippen molar-refractivity contribution in [2.75, 3.05) is 12.4 Å². The van der Waals surface area contributed by atoms with Gasteiger partial charge >= 0.3 is 5.97 Å². The summed E-state index contributed by atoms with van der Waals surface area (Å²) in [6.45, 7) is 0.134. The standard InChI is InChI=1S/C12H12F2N4O2/c1-18-6-16-9(17-18)5-15-8-4-3-7(12(19)20-2)10(13)11(8)14/h3-4,6,15H,5H2,1-2H3. The van der Waals surface area contributed by atoms with Crippen LogP contribution in [0.3, 0.4) is 0 Å². The Morgan fingerprint density at radius 3 is 2.75 bits per heavy atom. The lowest BCUT2D eigenvalue weighted by Crippen LogP contribution is -2.09. The predicted molar refractivity (Wildman–Crippen MR) is 66.0 cm³/mol. The highest BCUT2D eigenvalue weighted by molar-refractivity contribution is 5.90. The van der Waals surface area contributed by atoms with E-state index < -0.39 is 23.2 Å². The largest absolute Gasteiger partial charge is 0.465 e. The monoisotopic (exact) mass is 282 g/mol. The van der Waals surface area contributed by atoms with Crippen molar-refractivity contribution in [3.05, 3.63) is 41.5 Å². The predicted octanol–water partition coefficient (Wildman–Crippen LogP) is 1.49. The first-order chi connectivity index (χ1) is 9.52. The maximum Gasteiger partial charge on any atom is 0.340 e. The van der Waals surface area contributed by atoms with E-state index in [9.17, 15) is 13.6 Å². The number of halogens is 2. The number of rotatable bonds is 4. The van der Waals surface area contributed by atoms with Crippen LogP contribution in [-0.2, 0) is 18.3 Å². The second-order valence-electron chi connectivity index (χ2n) is 3.97. The van der Waals surface area contributed by atoms with Crippen LogP contribution < -0.4 is 5.32 Å². The molecule has 1 aromatic carbocycles. The van der Waals surface area contributed by atoms with E-state index in [4.69, 9.17) is 0 Å². The minimum atomic E-state index is -1.25. The van der Waals surface area contributed by atoms with Gasteiger partial charge in [0.1, 0.15) is 6.33 Å². The van der Waals surface area contributed by atoms with Crippen molar-refractivity contribution >= 4 is 11.7 Å². The van der Waals surface area contributed by atoms with Crippen molar-refractivity contribution in [2.24, 2.45) is 7.05 Å². The minimum Gasteiger partial charge on any atom is -0.465 e. The number of nitrogens with one attached hydrogen (secondary N) is 1. The lowest BCUT2D eigenvalue weighted by atomic mass is 10.2. The van der Waals surface area contributed by atoms with Gasteiger partial charge in [0.25, 0.3) is 0 Å². The molecule has 1 aromatic heterocycles. The molecular weight excluding hydrogens is 270 g/mol. The molecule has 0 aliphatic heterocycles. The molecule has 1 heterocycles. The quantitative estimate of drug-likeness (QED) is 0.860. The summed E-state index contributed by atoms with van der Waals surface area (Å²) in [5.74, 6) is -2.90. The van der Waals surface area contributed by atoms with Gasteiger partial charge in [-0.05, 0) is 12.1 Å². The van der Waals surface area contributed by atoms with Crippen LogP contribution >= 0.6 is 0 Å². The molecule has 106 valence electrons. The molecule has 0 radical (unpaired) electrons. The molecule has 0 saturated heterocycles. The highest BCUT2D eigenvalue weighted by atomic mass is 19.2. The Labute approximate surface area is 113 Å². The number of nitrogens with zero attached hydrogens (tertiary/aromatic N) is 3. The number of anilines is 1. The van der Waals surface area contributed by atoms with Gasteiger partial charge in [-0.2, -0.15) is 5.10 Å². The number of methoxy groups -OCH3 is 1. The number of aromatic nitrogens is 3. The molecule has 0 bridgehead atoms. The van der Waals surface area contributed by atoms with Gasteiger partial charge in [-0.3, -0.25) is 4.68 Å². The minimum absolute atomic E-state index is 0.0809. The molecule has 20 heavy (non-hydrogen) atoms. The summed E-state index contributed by atoms with van der Waals surface area (Å²) in [6.07, 6.45) is 1.49. The average Bonchev–Trinajstić information content (AvgIpc) is 2.85. The van der Waals surface area contributed by atoms with Crippen LogP contribution in [0.1, 0.15) is 16.2 Å². The van der Waals surface area contributed by atoms with Gasteiger partial charge in [0.05, 0.1) is 24.9 Å². The third-order valence-electron chi connectivity index (χ3n) is 2.57. The fraction of sp³-hybridized carbons (Fsp3) is 0.250. The summed E-state index contributed by atoms with van der Waals surface area (Å²) in [6, 6.07) is 2.41. The molecule has 1 N–H and O–H groups in total. The molecule has 0 amide bonds. The molecule has 6 nitrogen and oxygen atoms in total. The Balaban J connectivity index is 2.17. The van der Waals surface area contributed by atoms with Crippen LogP contribution in [0.2, 0.25) is 0 Å². The first-order valence-corrected chi connectivity index (χ1v) is 5.67. The number of aryl methyl sites for hydroxylation is 1. The number of carbonyl (C=O) groups is 1. The highest BCUT2D eigenvalue weighted by Gasteiger charge is 2.19. The van der Waals surface area contributed by atoms with Gasteiger partial charge in [-0.1, -0.05) is 0 Å². The van der Waals surface area contributed by atoms with Crippen molar-refractivity contribution in [3.63, 3.8) is 0 Å². The van der Waals surface area contributed by atoms with Gasteiger partial charge in [-0.25, -0.2) is 18.6 Å². The summed E-state index contributed by atoms with van der Waals surface area (Å²) >= 11 is 0. The van der Waals surface area contributed by atoms with Gasteiger partial charge < -0.3 is 10.1 Å². The van der Waals surface area contributed by atoms with E-state index >= 15 is 0 Å². The van der Waals surface area contributed by atoms with Crippen LogP contribution in [0.5, 0.6) is 0 Å². The maximum atomic E-state index is 13.8. The van der Waals surface area contributed by atoms with E-state index in [1.54, 1.807) is 7.05 Å². The zero-order chi connectivity index (χ0) is 14.7. The van der Waals surface area contributed by atoms with E-state index in [1.807, 2.05) is 0 Å². The van der Waals surface area contributed by atoms with Gasteiger partial charge in [-0.15, -0.1) is 0 Å². The third kappa shape index (κ3) is 2.73. The van der Waals surface area contributed by atoms with E-state index in [0.717, 1.165) is 13.2 Å². The number of carbonyl (C=O) groups excluding carboxylic acids is 1. The first kappa shape index (κ1) is 13.9. The summed E-state index contributed by atoms with van der Waals surface area (Å²) in [4.78, 5) is 15.1. The average molecular weight is 282 g/mol. The first-order valence-electron chi connectivity index (χ1n) is 5.67. The normalized spacial score (nSPS) is 10.4. The molecule has 0 aliphatic rings. The lowest BCUT2D eigenvalue weighted by molar-refractivity contribution is 0.0594. The topological polar surface area (TPSA) is 69.0 Å². The summed E-state index contributed by atoms with van der Waals surface area (Å²) < 4.78 is 33.3. The molecule has 2 rings (SSSR count). The number of esters is 1. The fourth-order valence-corrected chi connectivity index (χ4v) is 1.59. The van der Waals surface area contributed by atoms with Crippen LogP contribution in [0.4, 0.5) is 14.5 Å². The molecule has 2 aromatic rings. The Kier molecular flexibility index (Phi) is 3.92. The van der Waals surface area contributed by atoms with Gasteiger partial charge in [0, 0.05) is 7.05 Å². The molecule has 0 spiro atoms. The Bertz CT molecular complexity index is 642. The van der Waals surface area contributed by atoms with Crippen molar-refractivity contribution in [3.8, 4) is 0 Å². The number of hydrogen-bond donors (Lipinski definition) is 1. The van der Waals surface area contributed by atoms with Crippen molar-refractivity contribution in [2.45, 2.75) is 6.54 Å². The van der Waals surface area contributed by atoms with Crippen LogP contribution in [0.25, 0.3) is 0 Å². The van der Waals surface area contributed by atoms with E-state index in [-0.39, 0.29) is 12.2 Å². The van der Waals surface area contributed by atoms with Crippen LogP contribution in [0, 0.1) is 11.6 Å². The van der Waals surface area contributed by atoms with E-state index in [1.165, 1.54) is 17.1 Å². The molecule has 0 aliphatic carbocycles. The van der Waals surface area contributed by atoms with E-state index in [0.29, 0.717) is 5.82 Å². The second kappa shape index (κ2) is 5.64. The zero-order valence-corrected chi connectivity index (χ0v) is 10.9. The molecule has 0 unspecified atom stereocenters. The SMILES string of the molecule is COC(=O)c1ccc(NCc2ncn(C)n2)c(F)c1F. The smallest absolute Gasteiger partial charge is 0.340 e. The summed E-state index contributed by atoms with van der Waals surface area (Å²) in [7, 11) is 2.79. The Morgan fingerprint density at radius 2 is 2.15 bits per heavy atom. The van der Waals surface area contributed by atoms with Gasteiger partial charge in [0.2, 0.25) is 0 Å². The number of hydrogen-bond acceptors (Lipinski definition) is 5. The van der Waals surface area contributed by atoms with Crippen LogP contribution in [0.15, 0.2) is 18.5 Å². The number of benzene rings is 1. The number of ether oxygens (including phenoxy) is 1. The second-order valence-corrected chi connectivity index (χ2v) is 3.97. The molecule has 0 fully saturated rings. The Morgan fingerprint density at radius 1 is 1.40 bits per heavy atom. The summed E-state index contributed by atoms with van der Waals surface area (Å²) in [5.41, 5.74) is -0.533. The highest BCUT2D eigenvalue weighted by Crippen LogP contribution is 2.21. The van der Waals surface area contributed by atoms with Crippen molar-refractivity contribution in [1.29, 1.82) is 0 Å². The van der Waals surface area contributed by atoms with E-state index in [2.05, 4.69) is 20.1 Å². The van der Waals surface area contributed by atoms with Crippen molar-refractivity contribution in [1.82, 2.24) is 14.8 Å². The van der Waals surface area contributed by atoms with Gasteiger partial charge in [0.15, 0.2) is 17.5 Å².